The second-order valence-corrected chi connectivity index (χ2v) is 8.99. The summed E-state index contributed by atoms with van der Waals surface area (Å²) in [4.78, 5) is 28.8. The van der Waals surface area contributed by atoms with Gasteiger partial charge in [0.2, 0.25) is 0 Å². The number of aryl methyl sites for hydroxylation is 2. The van der Waals surface area contributed by atoms with E-state index in [1.807, 2.05) is 0 Å². The van der Waals surface area contributed by atoms with Gasteiger partial charge >= 0.3 is 18.0 Å². The third-order valence-corrected chi connectivity index (χ3v) is 6.32. The molecule has 0 spiro atoms. The molecule has 0 atom stereocenters. The fourth-order valence-electron chi connectivity index (χ4n) is 3.28. The van der Waals surface area contributed by atoms with E-state index in [1.165, 1.54) is 30.5 Å². The number of aromatic nitrogens is 1. The highest BCUT2D eigenvalue weighted by Gasteiger charge is 2.73. The molecule has 0 radical (unpaired) electrons. The maximum absolute atomic E-state index is 14.4. The number of carbonyl (C=O) groups is 2. The number of rotatable bonds is 5. The molecule has 1 aromatic carbocycles. The number of carbonyl (C=O) groups excluding carboxylic acids is 2. The summed E-state index contributed by atoms with van der Waals surface area (Å²) in [7, 11) is 0. The lowest BCUT2D eigenvalue weighted by molar-refractivity contribution is -0.348. The van der Waals surface area contributed by atoms with Gasteiger partial charge in [-0.2, -0.15) is 26.3 Å². The molecule has 2 N–H and O–H groups in total. The van der Waals surface area contributed by atoms with Crippen molar-refractivity contribution in [3.8, 4) is 0 Å². The Balaban J connectivity index is 1.83. The zero-order chi connectivity index (χ0) is 27.1. The van der Waals surface area contributed by atoms with Crippen LogP contribution in [0.1, 0.15) is 36.7 Å². The van der Waals surface area contributed by atoms with Crippen LogP contribution in [0.25, 0.3) is 0 Å². The highest BCUT2D eigenvalue weighted by Crippen LogP contribution is 2.53. The van der Waals surface area contributed by atoms with Crippen LogP contribution in [-0.4, -0.2) is 29.2 Å². The van der Waals surface area contributed by atoms with Crippen LogP contribution in [0.3, 0.4) is 0 Å². The predicted octanol–water partition coefficient (Wildman–Crippen LogP) is 7.21. The van der Waals surface area contributed by atoms with Gasteiger partial charge in [-0.3, -0.25) is 9.59 Å². The zero-order valence-electron chi connectivity index (χ0n) is 18.2. The molecule has 0 saturated heterocycles. The van der Waals surface area contributed by atoms with E-state index in [0.29, 0.717) is 12.1 Å². The molecular formula is C22H15ClF7N3O2S. The van der Waals surface area contributed by atoms with Gasteiger partial charge in [-0.25, -0.2) is 9.37 Å². The highest BCUT2D eigenvalue weighted by molar-refractivity contribution is 7.18. The van der Waals surface area contributed by atoms with E-state index < -0.39 is 35.4 Å². The Morgan fingerprint density at radius 3 is 2.00 bits per heavy atom. The number of hydrogen-bond acceptors (Lipinski definition) is 4. The Kier molecular flexibility index (Phi) is 7.38. The van der Waals surface area contributed by atoms with Gasteiger partial charge in [0.15, 0.2) is 0 Å². The van der Waals surface area contributed by atoms with Gasteiger partial charge in [-0.1, -0.05) is 23.7 Å². The molecule has 0 saturated carbocycles. The molecule has 2 aromatic heterocycles. The summed E-state index contributed by atoms with van der Waals surface area (Å²) in [5.74, 6) is -1.34. The average Bonchev–Trinajstić information content (AvgIpc) is 3.22. The molecule has 2 amide bonds. The number of pyridine rings is 1. The van der Waals surface area contributed by atoms with Crippen molar-refractivity contribution in [2.45, 2.75) is 31.9 Å². The molecule has 5 nitrogen and oxygen atoms in total. The number of alkyl halides is 7. The van der Waals surface area contributed by atoms with Crippen molar-refractivity contribution in [2.24, 2.45) is 0 Å². The summed E-state index contributed by atoms with van der Waals surface area (Å²) in [5.41, 5.74) is -7.67. The zero-order valence-corrected chi connectivity index (χ0v) is 19.8. The largest absolute Gasteiger partial charge is 0.435 e. The molecule has 2 heterocycles. The van der Waals surface area contributed by atoms with E-state index in [4.69, 9.17) is 11.6 Å². The number of nitrogens with zero attached hydrogens (tertiary/aromatic N) is 1. The lowest BCUT2D eigenvalue weighted by atomic mass is 9.90. The molecule has 0 aliphatic carbocycles. The quantitative estimate of drug-likeness (QED) is 0.259. The van der Waals surface area contributed by atoms with Gasteiger partial charge in [-0.15, -0.1) is 11.3 Å². The van der Waals surface area contributed by atoms with Crippen LogP contribution in [0, 0.1) is 13.8 Å². The lowest BCUT2D eigenvalue weighted by Crippen LogP contribution is -2.50. The number of anilines is 2. The van der Waals surface area contributed by atoms with E-state index in [9.17, 15) is 40.3 Å². The van der Waals surface area contributed by atoms with Crippen molar-refractivity contribution in [1.82, 2.24) is 4.98 Å². The van der Waals surface area contributed by atoms with Crippen molar-refractivity contribution < 1.29 is 40.3 Å². The molecule has 0 fully saturated rings. The van der Waals surface area contributed by atoms with Crippen LogP contribution >= 0.6 is 22.9 Å². The van der Waals surface area contributed by atoms with Crippen LogP contribution in [0.15, 0.2) is 42.6 Å². The molecule has 192 valence electrons. The van der Waals surface area contributed by atoms with Gasteiger partial charge < -0.3 is 10.6 Å². The van der Waals surface area contributed by atoms with Crippen molar-refractivity contribution in [3.63, 3.8) is 0 Å². The number of thiophene rings is 1. The van der Waals surface area contributed by atoms with Crippen LogP contribution < -0.4 is 10.6 Å². The topological polar surface area (TPSA) is 71.1 Å². The molecule has 3 aromatic rings. The highest BCUT2D eigenvalue weighted by atomic mass is 35.5. The minimum atomic E-state index is -6.26. The molecule has 14 heteroatoms. The van der Waals surface area contributed by atoms with E-state index in [0.717, 1.165) is 25.2 Å². The van der Waals surface area contributed by atoms with Crippen molar-refractivity contribution in [1.29, 1.82) is 0 Å². The monoisotopic (exact) mass is 553 g/mol. The lowest BCUT2D eigenvalue weighted by Gasteiger charge is -2.31. The Labute approximate surface area is 208 Å². The molecule has 0 unspecified atom stereocenters. The first kappa shape index (κ1) is 27.4. The van der Waals surface area contributed by atoms with Crippen LogP contribution in [0.2, 0.25) is 5.15 Å². The standard InChI is InChI=1S/C22H15ClF7N3O2S/c1-10-8-12(20(24,21(25,26)27)22(28,29)30)9-11(2)16(10)33-19(35)14-5-6-15(36-14)32-18(34)13-4-3-7-31-17(13)23/h3-9H,1-2H3,(H,32,34)(H,33,35). The molecule has 36 heavy (non-hydrogen) atoms. The van der Waals surface area contributed by atoms with Gasteiger partial charge in [-0.05, 0) is 49.2 Å². The van der Waals surface area contributed by atoms with Gasteiger partial charge in [0, 0.05) is 17.4 Å². The molecular weight excluding hydrogens is 539 g/mol. The van der Waals surface area contributed by atoms with E-state index in [-0.39, 0.29) is 37.4 Å². The first-order valence-electron chi connectivity index (χ1n) is 9.83. The van der Waals surface area contributed by atoms with Crippen molar-refractivity contribution in [3.05, 3.63) is 74.9 Å². The van der Waals surface area contributed by atoms with Crippen LogP contribution in [0.5, 0.6) is 0 Å². The molecule has 0 bridgehead atoms. The van der Waals surface area contributed by atoms with Crippen molar-refractivity contribution >= 4 is 45.4 Å². The third kappa shape index (κ3) is 5.16. The van der Waals surface area contributed by atoms with E-state index in [1.54, 1.807) is 0 Å². The third-order valence-electron chi connectivity index (χ3n) is 5.02. The second kappa shape index (κ2) is 9.69. The fourth-order valence-corrected chi connectivity index (χ4v) is 4.29. The van der Waals surface area contributed by atoms with Crippen LogP contribution in [-0.2, 0) is 5.67 Å². The summed E-state index contributed by atoms with van der Waals surface area (Å²) in [5, 5.41) is 5.16. The number of nitrogens with one attached hydrogen (secondary N) is 2. The van der Waals surface area contributed by atoms with Crippen molar-refractivity contribution in [2.75, 3.05) is 10.6 Å². The molecule has 0 aliphatic rings. The normalized spacial score (nSPS) is 12.4. The maximum atomic E-state index is 14.4. The fraction of sp³-hybridized carbons (Fsp3) is 0.227. The molecule has 3 rings (SSSR count). The number of halogens is 8. The van der Waals surface area contributed by atoms with E-state index >= 15 is 0 Å². The minimum Gasteiger partial charge on any atom is -0.321 e. The number of amides is 2. The summed E-state index contributed by atoms with van der Waals surface area (Å²) in [6.07, 6.45) is -11.1. The Bertz CT molecular complexity index is 1280. The number of benzene rings is 1. The van der Waals surface area contributed by atoms with E-state index in [2.05, 4.69) is 15.6 Å². The molecule has 0 aliphatic heterocycles. The smallest absolute Gasteiger partial charge is 0.321 e. The number of hydrogen-bond donors (Lipinski definition) is 2. The Hall–Kier alpha value is -3.19. The van der Waals surface area contributed by atoms with Gasteiger partial charge in [0.05, 0.1) is 15.4 Å². The van der Waals surface area contributed by atoms with Gasteiger partial charge in [0.1, 0.15) is 5.15 Å². The summed E-state index contributed by atoms with van der Waals surface area (Å²) < 4.78 is 93.0. The Morgan fingerprint density at radius 2 is 1.47 bits per heavy atom. The predicted molar refractivity (Wildman–Crippen MR) is 120 cm³/mol. The van der Waals surface area contributed by atoms with Crippen LogP contribution in [0.4, 0.5) is 41.4 Å². The first-order chi connectivity index (χ1) is 16.6. The summed E-state index contributed by atoms with van der Waals surface area (Å²) >= 11 is 6.72. The SMILES string of the molecule is Cc1cc(C(F)(C(F)(F)F)C(F)(F)F)cc(C)c1NC(=O)c1ccc(NC(=O)c2cccnc2Cl)s1. The maximum Gasteiger partial charge on any atom is 0.435 e. The first-order valence-corrected chi connectivity index (χ1v) is 11.0. The summed E-state index contributed by atoms with van der Waals surface area (Å²) in [6, 6.07) is 6.47. The second-order valence-electron chi connectivity index (χ2n) is 7.55. The average molecular weight is 554 g/mol. The minimum absolute atomic E-state index is 0.0349. The summed E-state index contributed by atoms with van der Waals surface area (Å²) in [6.45, 7) is 2.27. The van der Waals surface area contributed by atoms with Gasteiger partial charge in [0.25, 0.3) is 11.8 Å². The Morgan fingerprint density at radius 1 is 0.889 bits per heavy atom.